The Morgan fingerprint density at radius 3 is 2.71 bits per heavy atom. The Hall–Kier alpha value is -1.59. The highest BCUT2D eigenvalue weighted by Crippen LogP contribution is 2.25. The van der Waals surface area contributed by atoms with Gasteiger partial charge in [0, 0.05) is 27.8 Å². The number of halogens is 3. The van der Waals surface area contributed by atoms with Crippen molar-refractivity contribution in [3.8, 4) is 0 Å². The van der Waals surface area contributed by atoms with Gasteiger partial charge in [0.15, 0.2) is 0 Å². The van der Waals surface area contributed by atoms with Crippen molar-refractivity contribution in [2.75, 3.05) is 5.32 Å². The van der Waals surface area contributed by atoms with Crippen LogP contribution in [0.5, 0.6) is 0 Å². The molecule has 21 heavy (non-hydrogen) atoms. The predicted octanol–water partition coefficient (Wildman–Crippen LogP) is 4.26. The van der Waals surface area contributed by atoms with Gasteiger partial charge in [-0.25, -0.2) is 4.39 Å². The van der Waals surface area contributed by atoms with Crippen LogP contribution in [0.15, 0.2) is 34.8 Å². The summed E-state index contributed by atoms with van der Waals surface area (Å²) in [5, 5.41) is 3.69. The molecule has 0 unspecified atom stereocenters. The number of carbonyl (C=O) groups is 1. The van der Waals surface area contributed by atoms with Gasteiger partial charge in [-0.05, 0) is 52.7 Å². The third-order valence-corrected chi connectivity index (χ3v) is 4.33. The van der Waals surface area contributed by atoms with E-state index in [-0.39, 0.29) is 5.56 Å². The van der Waals surface area contributed by atoms with Crippen LogP contribution in [0.4, 0.5) is 10.1 Å². The van der Waals surface area contributed by atoms with E-state index in [1.165, 1.54) is 0 Å². The summed E-state index contributed by atoms with van der Waals surface area (Å²) in [5.74, 6) is -1.13. The molecule has 0 aliphatic rings. The van der Waals surface area contributed by atoms with E-state index < -0.39 is 11.7 Å². The Bertz CT molecular complexity index is 706. The molecule has 0 aromatic heterocycles. The van der Waals surface area contributed by atoms with Gasteiger partial charge in [0.05, 0.1) is 5.02 Å². The minimum Gasteiger partial charge on any atom is -0.381 e. The second kappa shape index (κ2) is 6.45. The topological polar surface area (TPSA) is 55.1 Å². The highest BCUT2D eigenvalue weighted by molar-refractivity contribution is 9.10. The number of nitrogens with two attached hydrogens (primary N) is 1. The van der Waals surface area contributed by atoms with Crippen molar-refractivity contribution in [2.24, 2.45) is 5.73 Å². The van der Waals surface area contributed by atoms with Gasteiger partial charge < -0.3 is 11.1 Å². The zero-order valence-corrected chi connectivity index (χ0v) is 13.6. The molecule has 3 nitrogen and oxygen atoms in total. The van der Waals surface area contributed by atoms with Crippen LogP contribution in [0.25, 0.3) is 0 Å². The van der Waals surface area contributed by atoms with E-state index in [1.807, 2.05) is 18.2 Å². The molecule has 1 amide bonds. The first kappa shape index (κ1) is 15.8. The van der Waals surface area contributed by atoms with E-state index in [2.05, 4.69) is 21.2 Å². The lowest BCUT2D eigenvalue weighted by atomic mass is 10.1. The summed E-state index contributed by atoms with van der Waals surface area (Å²) < 4.78 is 14.6. The van der Waals surface area contributed by atoms with Crippen LogP contribution in [-0.4, -0.2) is 5.91 Å². The monoisotopic (exact) mass is 370 g/mol. The van der Waals surface area contributed by atoms with Crippen molar-refractivity contribution >= 4 is 39.1 Å². The van der Waals surface area contributed by atoms with Crippen LogP contribution >= 0.6 is 27.5 Å². The molecule has 2 rings (SSSR count). The van der Waals surface area contributed by atoms with E-state index in [1.54, 1.807) is 13.0 Å². The summed E-state index contributed by atoms with van der Waals surface area (Å²) in [6.07, 6.45) is 0. The molecule has 2 aromatic carbocycles. The molecule has 0 bridgehead atoms. The van der Waals surface area contributed by atoms with Crippen molar-refractivity contribution < 1.29 is 9.18 Å². The van der Waals surface area contributed by atoms with Gasteiger partial charge in [-0.3, -0.25) is 4.79 Å². The number of nitrogens with one attached hydrogen (secondary N) is 1. The van der Waals surface area contributed by atoms with Crippen molar-refractivity contribution in [3.63, 3.8) is 0 Å². The molecule has 0 saturated heterocycles. The SMILES string of the molecule is Cc1c(F)cc(C(N)=O)cc1NCc1ccc(Br)c(Cl)c1. The number of carbonyl (C=O) groups excluding carboxylic acids is 1. The first-order valence-corrected chi connectivity index (χ1v) is 7.33. The number of hydrogen-bond acceptors (Lipinski definition) is 2. The molecule has 6 heteroatoms. The molecule has 0 spiro atoms. The molecule has 2 aromatic rings. The average molecular weight is 372 g/mol. The molecule has 0 fully saturated rings. The van der Waals surface area contributed by atoms with Crippen molar-refractivity contribution in [1.29, 1.82) is 0 Å². The van der Waals surface area contributed by atoms with Gasteiger partial charge in [0.2, 0.25) is 5.91 Å². The van der Waals surface area contributed by atoms with Gasteiger partial charge in [0.1, 0.15) is 5.82 Å². The number of rotatable bonds is 4. The number of hydrogen-bond donors (Lipinski definition) is 2. The van der Waals surface area contributed by atoms with Crippen molar-refractivity contribution in [1.82, 2.24) is 0 Å². The van der Waals surface area contributed by atoms with Gasteiger partial charge >= 0.3 is 0 Å². The third-order valence-electron chi connectivity index (χ3n) is 3.10. The van der Waals surface area contributed by atoms with Crippen LogP contribution < -0.4 is 11.1 Å². The zero-order chi connectivity index (χ0) is 15.6. The molecule has 0 radical (unpaired) electrons. The van der Waals surface area contributed by atoms with Crippen LogP contribution in [0.2, 0.25) is 5.02 Å². The maximum Gasteiger partial charge on any atom is 0.248 e. The minimum atomic E-state index is -0.663. The lowest BCUT2D eigenvalue weighted by Crippen LogP contribution is -2.13. The first-order valence-electron chi connectivity index (χ1n) is 6.16. The molecule has 0 aliphatic carbocycles. The Balaban J connectivity index is 2.23. The normalized spacial score (nSPS) is 10.5. The highest BCUT2D eigenvalue weighted by Gasteiger charge is 2.10. The molecule has 110 valence electrons. The smallest absolute Gasteiger partial charge is 0.248 e. The van der Waals surface area contributed by atoms with E-state index in [0.29, 0.717) is 22.8 Å². The maximum atomic E-state index is 13.8. The summed E-state index contributed by atoms with van der Waals surface area (Å²) in [6.45, 7) is 2.09. The van der Waals surface area contributed by atoms with Crippen LogP contribution in [0.1, 0.15) is 21.5 Å². The maximum absolute atomic E-state index is 13.8. The van der Waals surface area contributed by atoms with Crippen molar-refractivity contribution in [3.05, 3.63) is 62.3 Å². The van der Waals surface area contributed by atoms with Crippen LogP contribution in [0.3, 0.4) is 0 Å². The highest BCUT2D eigenvalue weighted by atomic mass is 79.9. The Morgan fingerprint density at radius 2 is 2.10 bits per heavy atom. The number of amides is 1. The Morgan fingerprint density at radius 1 is 1.38 bits per heavy atom. The van der Waals surface area contributed by atoms with Crippen LogP contribution in [-0.2, 0) is 6.54 Å². The summed E-state index contributed by atoms with van der Waals surface area (Å²) in [5.41, 5.74) is 7.22. The Kier molecular flexibility index (Phi) is 4.85. The molecule has 3 N–H and O–H groups in total. The largest absolute Gasteiger partial charge is 0.381 e. The lowest BCUT2D eigenvalue weighted by Gasteiger charge is -2.12. The quantitative estimate of drug-likeness (QED) is 0.843. The Labute approximate surface area is 135 Å². The lowest BCUT2D eigenvalue weighted by molar-refractivity contribution is 0.1000. The second-order valence-electron chi connectivity index (χ2n) is 4.60. The first-order chi connectivity index (χ1) is 9.88. The van der Waals surface area contributed by atoms with Crippen LogP contribution in [0, 0.1) is 12.7 Å². The van der Waals surface area contributed by atoms with Gasteiger partial charge in [-0.15, -0.1) is 0 Å². The summed E-state index contributed by atoms with van der Waals surface area (Å²) in [7, 11) is 0. The van der Waals surface area contributed by atoms with Gasteiger partial charge in [0.25, 0.3) is 0 Å². The number of benzene rings is 2. The molecule has 0 saturated carbocycles. The van der Waals surface area contributed by atoms with Crippen molar-refractivity contribution in [2.45, 2.75) is 13.5 Å². The number of primary amides is 1. The summed E-state index contributed by atoms with van der Waals surface area (Å²) in [6, 6.07) is 8.22. The fraction of sp³-hybridized carbons (Fsp3) is 0.133. The van der Waals surface area contributed by atoms with E-state index in [0.717, 1.165) is 16.1 Å². The minimum absolute atomic E-state index is 0.134. The summed E-state index contributed by atoms with van der Waals surface area (Å²) in [4.78, 5) is 11.2. The third kappa shape index (κ3) is 3.74. The average Bonchev–Trinajstić information content (AvgIpc) is 2.43. The van der Waals surface area contributed by atoms with Gasteiger partial charge in [-0.1, -0.05) is 17.7 Å². The number of anilines is 1. The van der Waals surface area contributed by atoms with Gasteiger partial charge in [-0.2, -0.15) is 0 Å². The standard InChI is InChI=1S/C15H13BrClFN2O/c1-8-13(18)5-10(15(19)21)6-14(8)20-7-9-2-3-11(16)12(17)4-9/h2-6,20H,7H2,1H3,(H2,19,21). The second-order valence-corrected chi connectivity index (χ2v) is 5.86. The molecule has 0 aliphatic heterocycles. The molecule has 0 heterocycles. The molecular weight excluding hydrogens is 359 g/mol. The fourth-order valence-corrected chi connectivity index (χ4v) is 2.30. The molecule has 0 atom stereocenters. The summed E-state index contributed by atoms with van der Waals surface area (Å²) >= 11 is 9.34. The predicted molar refractivity (Wildman–Crippen MR) is 86.1 cm³/mol. The molecular formula is C15H13BrClFN2O. The van der Waals surface area contributed by atoms with E-state index in [4.69, 9.17) is 17.3 Å². The zero-order valence-electron chi connectivity index (χ0n) is 11.2. The fourth-order valence-electron chi connectivity index (χ4n) is 1.85. The van der Waals surface area contributed by atoms with E-state index >= 15 is 0 Å². The van der Waals surface area contributed by atoms with E-state index in [9.17, 15) is 9.18 Å².